The van der Waals surface area contributed by atoms with Gasteiger partial charge in [-0.1, -0.05) is 13.0 Å². The highest BCUT2D eigenvalue weighted by Crippen LogP contribution is 2.31. The molecule has 0 aliphatic heterocycles. The molecule has 21 heavy (non-hydrogen) atoms. The van der Waals surface area contributed by atoms with Gasteiger partial charge in [0.1, 0.15) is 17.3 Å². The molecule has 0 spiro atoms. The van der Waals surface area contributed by atoms with E-state index in [9.17, 15) is 4.39 Å². The fourth-order valence-electron chi connectivity index (χ4n) is 2.01. The summed E-state index contributed by atoms with van der Waals surface area (Å²) in [4.78, 5) is 0. The van der Waals surface area contributed by atoms with Gasteiger partial charge in [0.25, 0.3) is 0 Å². The van der Waals surface area contributed by atoms with Gasteiger partial charge in [-0.3, -0.25) is 0 Å². The molecule has 0 aliphatic carbocycles. The van der Waals surface area contributed by atoms with E-state index in [-0.39, 0.29) is 5.82 Å². The van der Waals surface area contributed by atoms with Crippen LogP contribution in [0.25, 0.3) is 0 Å². The summed E-state index contributed by atoms with van der Waals surface area (Å²) in [7, 11) is 0. The van der Waals surface area contributed by atoms with Gasteiger partial charge >= 0.3 is 0 Å². The largest absolute Gasteiger partial charge is 0.456 e. The minimum atomic E-state index is -0.289. The van der Waals surface area contributed by atoms with E-state index in [4.69, 9.17) is 4.74 Å². The van der Waals surface area contributed by atoms with Crippen molar-refractivity contribution in [1.29, 1.82) is 0 Å². The summed E-state index contributed by atoms with van der Waals surface area (Å²) < 4.78 is 19.5. The van der Waals surface area contributed by atoms with E-state index >= 15 is 0 Å². The van der Waals surface area contributed by atoms with Crippen LogP contribution in [0.2, 0.25) is 0 Å². The van der Waals surface area contributed by atoms with Crippen LogP contribution in [-0.4, -0.2) is 6.54 Å². The fraction of sp³-hybridized carbons (Fsp3) is 0.294. The minimum Gasteiger partial charge on any atom is -0.456 e. The second-order valence-corrected chi connectivity index (χ2v) is 5.80. The molecule has 0 amide bonds. The lowest BCUT2D eigenvalue weighted by Gasteiger charge is -2.11. The molecule has 0 aliphatic rings. The van der Waals surface area contributed by atoms with Gasteiger partial charge in [0.05, 0.1) is 4.47 Å². The van der Waals surface area contributed by atoms with Crippen LogP contribution in [0.1, 0.15) is 24.5 Å². The Balaban J connectivity index is 2.09. The summed E-state index contributed by atoms with van der Waals surface area (Å²) in [6.07, 6.45) is 1.12. The molecule has 4 heteroatoms. The molecule has 0 saturated carbocycles. The molecule has 0 aromatic heterocycles. The predicted octanol–water partition coefficient (Wildman–Crippen LogP) is 5.19. The summed E-state index contributed by atoms with van der Waals surface area (Å²) in [6.45, 7) is 6.09. The Morgan fingerprint density at radius 2 is 2.00 bits per heavy atom. The van der Waals surface area contributed by atoms with E-state index in [1.165, 1.54) is 23.3 Å². The minimum absolute atomic E-state index is 0.289. The first-order valence-corrected chi connectivity index (χ1v) is 7.82. The fourth-order valence-corrected chi connectivity index (χ4v) is 2.45. The number of ether oxygens (including phenoxy) is 1. The first kappa shape index (κ1) is 16.0. The summed E-state index contributed by atoms with van der Waals surface area (Å²) >= 11 is 3.30. The van der Waals surface area contributed by atoms with Crippen molar-refractivity contribution in [2.45, 2.75) is 26.8 Å². The molecule has 0 heterocycles. The van der Waals surface area contributed by atoms with Crippen LogP contribution in [0.15, 0.2) is 40.9 Å². The van der Waals surface area contributed by atoms with Crippen molar-refractivity contribution < 1.29 is 9.13 Å². The lowest BCUT2D eigenvalue weighted by Crippen LogP contribution is -2.14. The number of rotatable bonds is 6. The average molecular weight is 352 g/mol. The van der Waals surface area contributed by atoms with Crippen molar-refractivity contribution in [2.75, 3.05) is 6.54 Å². The molecule has 1 N–H and O–H groups in total. The number of nitrogens with one attached hydrogen (secondary N) is 1. The highest BCUT2D eigenvalue weighted by molar-refractivity contribution is 9.10. The van der Waals surface area contributed by atoms with Crippen molar-refractivity contribution in [1.82, 2.24) is 5.32 Å². The Morgan fingerprint density at radius 1 is 1.19 bits per heavy atom. The highest BCUT2D eigenvalue weighted by Gasteiger charge is 2.06. The maximum atomic E-state index is 13.1. The molecule has 0 unspecified atom stereocenters. The second kappa shape index (κ2) is 7.57. The van der Waals surface area contributed by atoms with Crippen molar-refractivity contribution in [3.63, 3.8) is 0 Å². The van der Waals surface area contributed by atoms with Gasteiger partial charge in [0, 0.05) is 6.54 Å². The maximum absolute atomic E-state index is 13.1. The summed E-state index contributed by atoms with van der Waals surface area (Å²) in [6, 6.07) is 10.4. The molecule has 2 aromatic rings. The van der Waals surface area contributed by atoms with Crippen LogP contribution >= 0.6 is 15.9 Å². The first-order valence-electron chi connectivity index (χ1n) is 7.03. The third kappa shape index (κ3) is 4.55. The Bertz CT molecular complexity index is 616. The van der Waals surface area contributed by atoms with Crippen LogP contribution in [-0.2, 0) is 6.54 Å². The smallest absolute Gasteiger partial charge is 0.141 e. The van der Waals surface area contributed by atoms with E-state index in [1.54, 1.807) is 6.07 Å². The quantitative estimate of drug-likeness (QED) is 0.723. The number of benzene rings is 2. The third-order valence-electron chi connectivity index (χ3n) is 3.18. The predicted molar refractivity (Wildman–Crippen MR) is 87.4 cm³/mol. The van der Waals surface area contributed by atoms with E-state index in [2.05, 4.69) is 41.2 Å². The van der Waals surface area contributed by atoms with E-state index < -0.39 is 0 Å². The number of halogens is 2. The molecule has 2 aromatic carbocycles. The van der Waals surface area contributed by atoms with Crippen LogP contribution in [0.4, 0.5) is 4.39 Å². The molecule has 112 valence electrons. The molecule has 0 bridgehead atoms. The molecule has 0 fully saturated rings. The van der Waals surface area contributed by atoms with Gasteiger partial charge in [-0.05, 0) is 77.3 Å². The van der Waals surface area contributed by atoms with Crippen molar-refractivity contribution in [3.05, 3.63) is 57.8 Å². The Hall–Kier alpha value is -1.39. The number of hydrogen-bond acceptors (Lipinski definition) is 2. The molecule has 2 rings (SSSR count). The molecular weight excluding hydrogens is 333 g/mol. The van der Waals surface area contributed by atoms with E-state index in [1.807, 2.05) is 12.1 Å². The van der Waals surface area contributed by atoms with E-state index in [0.717, 1.165) is 25.3 Å². The topological polar surface area (TPSA) is 21.3 Å². The van der Waals surface area contributed by atoms with Gasteiger partial charge in [-0.2, -0.15) is 0 Å². The van der Waals surface area contributed by atoms with Crippen molar-refractivity contribution in [2.24, 2.45) is 0 Å². The van der Waals surface area contributed by atoms with E-state index in [0.29, 0.717) is 10.2 Å². The molecule has 2 nitrogen and oxygen atoms in total. The van der Waals surface area contributed by atoms with Gasteiger partial charge in [0.2, 0.25) is 0 Å². The summed E-state index contributed by atoms with van der Waals surface area (Å²) in [5.74, 6) is 1.06. The summed E-state index contributed by atoms with van der Waals surface area (Å²) in [5, 5.41) is 3.39. The zero-order valence-corrected chi connectivity index (χ0v) is 13.8. The maximum Gasteiger partial charge on any atom is 0.141 e. The van der Waals surface area contributed by atoms with Gasteiger partial charge in [-0.25, -0.2) is 4.39 Å². The Kier molecular flexibility index (Phi) is 5.76. The summed E-state index contributed by atoms with van der Waals surface area (Å²) in [5.41, 5.74) is 2.43. The highest BCUT2D eigenvalue weighted by atomic mass is 79.9. The van der Waals surface area contributed by atoms with Crippen LogP contribution in [0, 0.1) is 12.7 Å². The average Bonchev–Trinajstić information content (AvgIpc) is 2.44. The van der Waals surface area contributed by atoms with Crippen LogP contribution in [0.5, 0.6) is 11.5 Å². The van der Waals surface area contributed by atoms with Crippen LogP contribution < -0.4 is 10.1 Å². The van der Waals surface area contributed by atoms with Crippen molar-refractivity contribution >= 4 is 15.9 Å². The molecule has 0 saturated heterocycles. The van der Waals surface area contributed by atoms with Gasteiger partial charge < -0.3 is 10.1 Å². The monoisotopic (exact) mass is 351 g/mol. The van der Waals surface area contributed by atoms with Crippen molar-refractivity contribution in [3.8, 4) is 11.5 Å². The lowest BCUT2D eigenvalue weighted by atomic mass is 10.1. The Morgan fingerprint density at radius 3 is 2.67 bits per heavy atom. The third-order valence-corrected chi connectivity index (χ3v) is 3.80. The molecule has 0 atom stereocenters. The molecule has 0 radical (unpaired) electrons. The number of aryl methyl sites for hydroxylation is 1. The normalized spacial score (nSPS) is 10.7. The Labute approximate surface area is 133 Å². The zero-order valence-electron chi connectivity index (χ0n) is 12.2. The number of hydrogen-bond donors (Lipinski definition) is 1. The first-order chi connectivity index (χ1) is 10.1. The lowest BCUT2D eigenvalue weighted by molar-refractivity contribution is 0.476. The standard InChI is InChI=1S/C17H19BrFNO/c1-3-8-20-11-13-4-6-15(9-12(13)2)21-17-7-5-14(19)10-16(17)18/h4-7,9-10,20H,3,8,11H2,1-2H3. The molecular formula is C17H19BrFNO. The van der Waals surface area contributed by atoms with Gasteiger partial charge in [0.15, 0.2) is 0 Å². The van der Waals surface area contributed by atoms with Crippen LogP contribution in [0.3, 0.4) is 0 Å². The van der Waals surface area contributed by atoms with Gasteiger partial charge in [-0.15, -0.1) is 0 Å². The zero-order chi connectivity index (χ0) is 15.2. The SMILES string of the molecule is CCCNCc1ccc(Oc2ccc(F)cc2Br)cc1C. The second-order valence-electron chi connectivity index (χ2n) is 4.94.